The van der Waals surface area contributed by atoms with Gasteiger partial charge in [0.2, 0.25) is 0 Å². The molecule has 0 spiro atoms. The van der Waals surface area contributed by atoms with Gasteiger partial charge in [-0.3, -0.25) is 14.2 Å². The second kappa shape index (κ2) is 13.1. The van der Waals surface area contributed by atoms with Gasteiger partial charge in [0.15, 0.2) is 11.4 Å². The maximum atomic E-state index is 13.8. The lowest BCUT2D eigenvalue weighted by Crippen LogP contribution is -2.42. The van der Waals surface area contributed by atoms with Crippen LogP contribution in [-0.4, -0.2) is 66.6 Å². The molecule has 0 N–H and O–H groups in total. The van der Waals surface area contributed by atoms with E-state index in [1.807, 2.05) is 42.7 Å². The molecule has 1 amide bonds. The van der Waals surface area contributed by atoms with E-state index >= 15 is 0 Å². The van der Waals surface area contributed by atoms with Crippen LogP contribution < -0.4 is 19.6 Å². The van der Waals surface area contributed by atoms with Gasteiger partial charge in [-0.15, -0.1) is 11.8 Å². The second-order valence-corrected chi connectivity index (χ2v) is 12.0. The summed E-state index contributed by atoms with van der Waals surface area (Å²) in [6.07, 6.45) is 3.48. The first-order valence-corrected chi connectivity index (χ1v) is 15.7. The van der Waals surface area contributed by atoms with E-state index < -0.39 is 12.0 Å². The Labute approximate surface area is 252 Å². The number of ether oxygens (including phenoxy) is 3. The molecule has 9 nitrogen and oxygen atoms in total. The van der Waals surface area contributed by atoms with E-state index in [-0.39, 0.29) is 24.2 Å². The van der Waals surface area contributed by atoms with Gasteiger partial charge in [-0.2, -0.15) is 0 Å². The van der Waals surface area contributed by atoms with Crippen molar-refractivity contribution in [2.75, 3.05) is 39.2 Å². The summed E-state index contributed by atoms with van der Waals surface area (Å²) < 4.78 is 18.6. The molecule has 2 aliphatic rings. The van der Waals surface area contributed by atoms with Gasteiger partial charge in [0.05, 0.1) is 41.2 Å². The smallest absolute Gasteiger partial charge is 0.338 e. The number of carbonyl (C=O) groups is 2. The molecule has 5 rings (SSSR count). The van der Waals surface area contributed by atoms with E-state index in [4.69, 9.17) is 14.2 Å². The molecule has 0 aliphatic carbocycles. The molecule has 3 heterocycles. The quantitative estimate of drug-likeness (QED) is 0.287. The Balaban J connectivity index is 1.44. The molecule has 2 aliphatic heterocycles. The average molecular weight is 608 g/mol. The minimum absolute atomic E-state index is 0.0448. The largest absolute Gasteiger partial charge is 0.484 e. The third-order valence-corrected chi connectivity index (χ3v) is 8.65. The molecular formula is C31H33N3O6S2. The maximum Gasteiger partial charge on any atom is 0.338 e. The summed E-state index contributed by atoms with van der Waals surface area (Å²) in [5.74, 6) is 0.00284. The van der Waals surface area contributed by atoms with E-state index in [0.717, 1.165) is 16.0 Å². The highest BCUT2D eigenvalue weighted by molar-refractivity contribution is 7.98. The third kappa shape index (κ3) is 6.53. The molecule has 1 aromatic heterocycles. The van der Waals surface area contributed by atoms with Gasteiger partial charge in [0.1, 0.15) is 5.75 Å². The minimum Gasteiger partial charge on any atom is -0.484 e. The van der Waals surface area contributed by atoms with Gasteiger partial charge in [-0.05, 0) is 68.5 Å². The summed E-state index contributed by atoms with van der Waals surface area (Å²) in [5.41, 5.74) is 2.24. The molecular weight excluding hydrogens is 574 g/mol. The average Bonchev–Trinajstić information content (AvgIpc) is 3.29. The first-order chi connectivity index (χ1) is 20.2. The first-order valence-electron chi connectivity index (χ1n) is 13.7. The molecule has 1 saturated heterocycles. The summed E-state index contributed by atoms with van der Waals surface area (Å²) in [7, 11) is 0. The van der Waals surface area contributed by atoms with Gasteiger partial charge in [0, 0.05) is 18.0 Å². The molecule has 0 saturated carbocycles. The normalized spacial score (nSPS) is 17.2. The van der Waals surface area contributed by atoms with E-state index in [9.17, 15) is 14.4 Å². The van der Waals surface area contributed by atoms with Crippen molar-refractivity contribution in [1.82, 2.24) is 9.47 Å². The monoisotopic (exact) mass is 607 g/mol. The van der Waals surface area contributed by atoms with Crippen molar-refractivity contribution in [3.63, 3.8) is 0 Å². The topological polar surface area (TPSA) is 99.4 Å². The van der Waals surface area contributed by atoms with Crippen molar-refractivity contribution in [3.05, 3.63) is 90.6 Å². The highest BCUT2D eigenvalue weighted by Gasteiger charge is 2.33. The lowest BCUT2D eigenvalue weighted by molar-refractivity contribution is -0.143. The molecule has 11 heteroatoms. The Morgan fingerprint density at radius 3 is 2.45 bits per heavy atom. The lowest BCUT2D eigenvalue weighted by Gasteiger charge is -2.26. The van der Waals surface area contributed by atoms with Crippen LogP contribution in [0.1, 0.15) is 37.9 Å². The summed E-state index contributed by atoms with van der Waals surface area (Å²) in [5, 5.41) is 0. The summed E-state index contributed by atoms with van der Waals surface area (Å²) >= 11 is 2.89. The molecule has 0 unspecified atom stereocenters. The number of thioether (sulfide) groups is 1. The number of thiazole rings is 1. The van der Waals surface area contributed by atoms with E-state index in [2.05, 4.69) is 4.99 Å². The summed E-state index contributed by atoms with van der Waals surface area (Å²) in [4.78, 5) is 47.5. The number of morpholine rings is 1. The molecule has 1 atom stereocenters. The number of aromatic nitrogens is 1. The highest BCUT2D eigenvalue weighted by atomic mass is 32.2. The number of allylic oxidation sites excluding steroid dienone is 1. The number of amides is 1. The zero-order valence-corrected chi connectivity index (χ0v) is 25.6. The molecule has 1 fully saturated rings. The molecule has 3 aromatic rings. The van der Waals surface area contributed by atoms with Crippen LogP contribution in [0.4, 0.5) is 0 Å². The van der Waals surface area contributed by atoms with Crippen LogP contribution in [0.3, 0.4) is 0 Å². The number of rotatable bonds is 8. The van der Waals surface area contributed by atoms with Gasteiger partial charge < -0.3 is 19.1 Å². The number of fused-ring (bicyclic) bond motifs is 1. The second-order valence-electron chi connectivity index (χ2n) is 10.2. The summed E-state index contributed by atoms with van der Waals surface area (Å²) in [6, 6.07) is 14.4. The van der Waals surface area contributed by atoms with Gasteiger partial charge in [-0.1, -0.05) is 35.6 Å². The predicted molar refractivity (Wildman–Crippen MR) is 163 cm³/mol. The van der Waals surface area contributed by atoms with E-state index in [0.29, 0.717) is 52.7 Å². The van der Waals surface area contributed by atoms with Crippen LogP contribution in [0, 0.1) is 0 Å². The molecule has 0 bridgehead atoms. The third-order valence-electron chi connectivity index (χ3n) is 6.92. The van der Waals surface area contributed by atoms with Crippen LogP contribution in [0.5, 0.6) is 5.75 Å². The fourth-order valence-corrected chi connectivity index (χ4v) is 6.28. The van der Waals surface area contributed by atoms with Crippen LogP contribution in [0.2, 0.25) is 0 Å². The maximum absolute atomic E-state index is 13.8. The molecule has 42 heavy (non-hydrogen) atoms. The van der Waals surface area contributed by atoms with Crippen LogP contribution in [-0.2, 0) is 19.1 Å². The zero-order valence-electron chi connectivity index (χ0n) is 24.0. The van der Waals surface area contributed by atoms with Crippen molar-refractivity contribution < 1.29 is 23.8 Å². The number of hydrogen-bond acceptors (Lipinski definition) is 9. The number of hydrogen-bond donors (Lipinski definition) is 0. The lowest BCUT2D eigenvalue weighted by atomic mass is 9.96. The van der Waals surface area contributed by atoms with Crippen molar-refractivity contribution in [2.24, 2.45) is 4.99 Å². The van der Waals surface area contributed by atoms with Crippen LogP contribution >= 0.6 is 23.1 Å². The van der Waals surface area contributed by atoms with Gasteiger partial charge in [-0.25, -0.2) is 9.79 Å². The van der Waals surface area contributed by atoms with Crippen LogP contribution in [0.15, 0.2) is 74.5 Å². The van der Waals surface area contributed by atoms with Crippen molar-refractivity contribution in [3.8, 4) is 5.75 Å². The Morgan fingerprint density at radius 1 is 1.12 bits per heavy atom. The molecule has 2 aromatic carbocycles. The number of carbonyl (C=O) groups excluding carboxylic acids is 2. The Kier molecular flexibility index (Phi) is 9.30. The first kappa shape index (κ1) is 29.8. The molecule has 220 valence electrons. The van der Waals surface area contributed by atoms with Crippen molar-refractivity contribution >= 4 is 41.1 Å². The highest BCUT2D eigenvalue weighted by Crippen LogP contribution is 2.32. The van der Waals surface area contributed by atoms with E-state index in [1.165, 1.54) is 11.3 Å². The number of nitrogens with zero attached hydrogens (tertiary/aromatic N) is 3. The SMILES string of the molecule is CSc1ccc([C@@H]2C(C(=O)OC(C)C)=C(C)N=c3s/c(=C\c4ccc(OCC(=O)N5CCOCC5)cc4)c(=O)n32)cc1. The minimum atomic E-state index is -0.662. The predicted octanol–water partition coefficient (Wildman–Crippen LogP) is 3.15. The summed E-state index contributed by atoms with van der Waals surface area (Å²) in [6.45, 7) is 7.55. The zero-order chi connectivity index (χ0) is 29.8. The van der Waals surface area contributed by atoms with Crippen LogP contribution in [0.25, 0.3) is 6.08 Å². The fourth-order valence-electron chi connectivity index (χ4n) is 4.82. The molecule has 0 radical (unpaired) electrons. The van der Waals surface area contributed by atoms with Gasteiger partial charge in [0.25, 0.3) is 11.5 Å². The fraction of sp³-hybridized carbons (Fsp3) is 0.355. The Morgan fingerprint density at radius 2 is 1.81 bits per heavy atom. The van der Waals surface area contributed by atoms with Crippen molar-refractivity contribution in [2.45, 2.75) is 37.8 Å². The van der Waals surface area contributed by atoms with Crippen molar-refractivity contribution in [1.29, 1.82) is 0 Å². The standard InChI is InChI=1S/C31H33N3O6S2/c1-19(2)40-30(37)27-20(3)32-31-34(28(27)22-7-11-24(41-4)12-8-22)29(36)25(42-31)17-21-5-9-23(10-6-21)39-18-26(35)33-13-15-38-16-14-33/h5-12,17,19,28H,13-16,18H2,1-4H3/b25-17-/t28-/m1/s1. The van der Waals surface area contributed by atoms with Gasteiger partial charge >= 0.3 is 5.97 Å². The Bertz CT molecular complexity index is 1670. The number of benzene rings is 2. The Hall–Kier alpha value is -3.67. The number of esters is 1. The van der Waals surface area contributed by atoms with E-state index in [1.54, 1.807) is 60.2 Å².